The summed E-state index contributed by atoms with van der Waals surface area (Å²) >= 11 is 0. The van der Waals surface area contributed by atoms with Crippen LogP contribution in [0.15, 0.2) is 152 Å². The third kappa shape index (κ3) is 3.93. The minimum atomic E-state index is 0.872. The van der Waals surface area contributed by atoms with Crippen LogP contribution in [0.4, 0.5) is 11.5 Å². The molecule has 0 spiro atoms. The Kier molecular flexibility index (Phi) is 5.87. The highest BCUT2D eigenvalue weighted by atomic mass is 15.2. The molecule has 0 N–H and O–H groups in total. The van der Waals surface area contributed by atoms with E-state index in [0.29, 0.717) is 0 Å². The van der Waals surface area contributed by atoms with Crippen LogP contribution in [0.1, 0.15) is 12.5 Å². The molecule has 190 valence electrons. The van der Waals surface area contributed by atoms with Gasteiger partial charge in [0.1, 0.15) is 5.82 Å². The zero-order valence-corrected chi connectivity index (χ0v) is 22.4. The Morgan fingerprint density at radius 3 is 2.12 bits per heavy atom. The Labute approximate surface area is 234 Å². The Morgan fingerprint density at radius 2 is 1.35 bits per heavy atom. The van der Waals surface area contributed by atoms with Crippen molar-refractivity contribution in [3.63, 3.8) is 0 Å². The van der Waals surface area contributed by atoms with E-state index in [0.717, 1.165) is 39.1 Å². The van der Waals surface area contributed by atoms with Crippen LogP contribution in [0.5, 0.6) is 0 Å². The smallest absolute Gasteiger partial charge is 0.138 e. The molecule has 1 heterocycles. The highest BCUT2D eigenvalue weighted by Gasteiger charge is 2.22. The summed E-state index contributed by atoms with van der Waals surface area (Å²) in [5.74, 6) is 0.872. The van der Waals surface area contributed by atoms with E-state index >= 15 is 0 Å². The van der Waals surface area contributed by atoms with Crippen LogP contribution in [0.3, 0.4) is 0 Å². The van der Waals surface area contributed by atoms with Crippen LogP contribution in [-0.2, 0) is 0 Å². The highest BCUT2D eigenvalue weighted by molar-refractivity contribution is 6.17. The van der Waals surface area contributed by atoms with Crippen LogP contribution in [0.25, 0.3) is 49.4 Å². The second-order valence-electron chi connectivity index (χ2n) is 10.1. The number of allylic oxidation sites excluding steroid dienone is 4. The van der Waals surface area contributed by atoms with E-state index in [9.17, 15) is 0 Å². The number of hydrogen-bond donors (Lipinski definition) is 0. The number of para-hydroxylation sites is 1. The lowest BCUT2D eigenvalue weighted by Gasteiger charge is -2.25. The molecule has 0 unspecified atom stereocenters. The molecule has 5 aromatic carbocycles. The third-order valence-corrected chi connectivity index (χ3v) is 7.76. The average molecular weight is 513 g/mol. The maximum atomic E-state index is 4.85. The van der Waals surface area contributed by atoms with Crippen molar-refractivity contribution in [2.75, 3.05) is 4.90 Å². The Balaban J connectivity index is 1.28. The number of anilines is 2. The minimum Gasteiger partial charge on any atom is -0.295 e. The molecule has 0 amide bonds. The Bertz CT molecular complexity index is 1950. The van der Waals surface area contributed by atoms with E-state index in [1.54, 1.807) is 0 Å². The van der Waals surface area contributed by atoms with Gasteiger partial charge >= 0.3 is 0 Å². The summed E-state index contributed by atoms with van der Waals surface area (Å²) in [6.45, 7) is 6.57. The van der Waals surface area contributed by atoms with Gasteiger partial charge in [-0.1, -0.05) is 116 Å². The topological polar surface area (TPSA) is 16.1 Å². The SMILES string of the molecule is C=C(/C=C\C(=C/C)N(c1ccccc1)c1cc2ccccc2cn1)c1ccc2c3c(cccc13)-c1ccccc1-2. The Hall–Kier alpha value is -5.21. The molecule has 1 aromatic heterocycles. The number of rotatable bonds is 6. The first-order valence-corrected chi connectivity index (χ1v) is 13.6. The van der Waals surface area contributed by atoms with Gasteiger partial charge in [-0.15, -0.1) is 0 Å². The fourth-order valence-corrected chi connectivity index (χ4v) is 5.85. The standard InChI is InChI=1S/C38H28N2/c1-3-29(40(30-14-5-4-6-15-30)37-24-27-12-7-8-13-28(27)25-39-37)21-20-26(2)31-22-23-36-33-17-10-9-16-32(33)35-19-11-18-34(31)38(35)36/h3-25H,2H2,1H3/b21-20-,29-3+. The van der Waals surface area contributed by atoms with Crippen LogP contribution >= 0.6 is 0 Å². The minimum absolute atomic E-state index is 0.872. The molecule has 1 aliphatic rings. The second kappa shape index (κ2) is 9.83. The number of benzene rings is 5. The average Bonchev–Trinajstić information content (AvgIpc) is 3.34. The van der Waals surface area contributed by atoms with E-state index in [4.69, 9.17) is 4.98 Å². The molecular weight excluding hydrogens is 484 g/mol. The van der Waals surface area contributed by atoms with Crippen molar-refractivity contribution in [2.24, 2.45) is 0 Å². The largest absolute Gasteiger partial charge is 0.295 e. The van der Waals surface area contributed by atoms with Crippen LogP contribution in [0, 0.1) is 0 Å². The number of aromatic nitrogens is 1. The number of fused-ring (bicyclic) bond motifs is 4. The summed E-state index contributed by atoms with van der Waals surface area (Å²) < 4.78 is 0. The van der Waals surface area contributed by atoms with Gasteiger partial charge in [0.2, 0.25) is 0 Å². The van der Waals surface area contributed by atoms with Gasteiger partial charge in [-0.05, 0) is 80.7 Å². The van der Waals surface area contributed by atoms with Crippen molar-refractivity contribution >= 4 is 38.6 Å². The number of pyridine rings is 1. The van der Waals surface area contributed by atoms with Crippen molar-refractivity contribution in [3.8, 4) is 22.3 Å². The van der Waals surface area contributed by atoms with Crippen LogP contribution < -0.4 is 4.90 Å². The molecule has 0 saturated carbocycles. The van der Waals surface area contributed by atoms with E-state index in [1.165, 1.54) is 33.0 Å². The molecule has 0 fully saturated rings. The fraction of sp³-hybridized carbons (Fsp3) is 0.0263. The van der Waals surface area contributed by atoms with E-state index in [-0.39, 0.29) is 0 Å². The van der Waals surface area contributed by atoms with Crippen molar-refractivity contribution in [3.05, 3.63) is 158 Å². The van der Waals surface area contributed by atoms with Crippen molar-refractivity contribution < 1.29 is 0 Å². The molecule has 40 heavy (non-hydrogen) atoms. The lowest BCUT2D eigenvalue weighted by atomic mass is 9.94. The second-order valence-corrected chi connectivity index (χ2v) is 10.1. The van der Waals surface area contributed by atoms with Crippen molar-refractivity contribution in [1.29, 1.82) is 0 Å². The molecule has 0 atom stereocenters. The molecule has 2 nitrogen and oxygen atoms in total. The lowest BCUT2D eigenvalue weighted by Crippen LogP contribution is -2.16. The first kappa shape index (κ1) is 23.9. The highest BCUT2D eigenvalue weighted by Crippen LogP contribution is 2.48. The van der Waals surface area contributed by atoms with Gasteiger partial charge in [0.05, 0.1) is 0 Å². The van der Waals surface area contributed by atoms with E-state index in [2.05, 4.69) is 140 Å². The third-order valence-electron chi connectivity index (χ3n) is 7.76. The molecule has 0 saturated heterocycles. The quantitative estimate of drug-likeness (QED) is 0.206. The maximum Gasteiger partial charge on any atom is 0.138 e. The summed E-state index contributed by atoms with van der Waals surface area (Å²) in [5.41, 5.74) is 9.40. The monoisotopic (exact) mass is 512 g/mol. The number of nitrogens with zero attached hydrogens (tertiary/aromatic N) is 2. The van der Waals surface area contributed by atoms with E-state index < -0.39 is 0 Å². The van der Waals surface area contributed by atoms with Gasteiger partial charge in [0.25, 0.3) is 0 Å². The molecule has 0 radical (unpaired) electrons. The lowest BCUT2D eigenvalue weighted by molar-refractivity contribution is 1.13. The predicted molar refractivity (Wildman–Crippen MR) is 171 cm³/mol. The number of hydrogen-bond acceptors (Lipinski definition) is 2. The van der Waals surface area contributed by atoms with Gasteiger partial charge in [-0.2, -0.15) is 0 Å². The maximum absolute atomic E-state index is 4.85. The molecule has 0 aliphatic heterocycles. The van der Waals surface area contributed by atoms with E-state index in [1.807, 2.05) is 18.3 Å². The van der Waals surface area contributed by atoms with Crippen LogP contribution in [-0.4, -0.2) is 4.98 Å². The molecule has 1 aliphatic carbocycles. The Morgan fingerprint density at radius 1 is 0.675 bits per heavy atom. The molecule has 7 rings (SSSR count). The molecule has 0 bridgehead atoms. The predicted octanol–water partition coefficient (Wildman–Crippen LogP) is 10.3. The van der Waals surface area contributed by atoms with Crippen LogP contribution in [0.2, 0.25) is 0 Å². The van der Waals surface area contributed by atoms with Gasteiger partial charge in [-0.25, -0.2) is 4.98 Å². The summed E-state index contributed by atoms with van der Waals surface area (Å²) in [6, 6.07) is 40.6. The fourth-order valence-electron chi connectivity index (χ4n) is 5.85. The molecule has 6 aromatic rings. The molecule has 2 heteroatoms. The van der Waals surface area contributed by atoms with Gasteiger partial charge in [0, 0.05) is 23.0 Å². The zero-order chi connectivity index (χ0) is 27.1. The van der Waals surface area contributed by atoms with Gasteiger partial charge in [0.15, 0.2) is 0 Å². The summed E-state index contributed by atoms with van der Waals surface area (Å²) in [4.78, 5) is 7.05. The molecular formula is C38H28N2. The van der Waals surface area contributed by atoms with Crippen molar-refractivity contribution in [2.45, 2.75) is 6.92 Å². The van der Waals surface area contributed by atoms with Crippen molar-refractivity contribution in [1.82, 2.24) is 4.98 Å². The first-order valence-electron chi connectivity index (χ1n) is 13.6. The van der Waals surface area contributed by atoms with Gasteiger partial charge < -0.3 is 0 Å². The summed E-state index contributed by atoms with van der Waals surface area (Å²) in [7, 11) is 0. The summed E-state index contributed by atoms with van der Waals surface area (Å²) in [6.07, 6.45) is 8.34. The zero-order valence-electron chi connectivity index (χ0n) is 22.4. The normalized spacial score (nSPS) is 12.3. The summed E-state index contributed by atoms with van der Waals surface area (Å²) in [5, 5.41) is 4.83. The van der Waals surface area contributed by atoms with Gasteiger partial charge in [-0.3, -0.25) is 4.90 Å². The first-order chi connectivity index (χ1) is 19.7.